The van der Waals surface area contributed by atoms with Gasteiger partial charge in [0.15, 0.2) is 0 Å². The SMILES string of the molecule is CC(C)C[C@@H](NC(=O)OC(C)(C)C)C(O)CO. The van der Waals surface area contributed by atoms with Gasteiger partial charge in [-0.15, -0.1) is 0 Å². The average Bonchev–Trinajstić information content (AvgIpc) is 2.11. The van der Waals surface area contributed by atoms with Crippen molar-refractivity contribution in [2.45, 2.75) is 58.8 Å². The van der Waals surface area contributed by atoms with Crippen molar-refractivity contribution in [2.75, 3.05) is 6.61 Å². The third-order valence-electron chi connectivity index (χ3n) is 2.08. The first-order valence-electron chi connectivity index (χ1n) is 5.94. The number of alkyl carbamates (subject to hydrolysis) is 1. The summed E-state index contributed by atoms with van der Waals surface area (Å²) >= 11 is 0. The van der Waals surface area contributed by atoms with E-state index in [1.807, 2.05) is 13.8 Å². The van der Waals surface area contributed by atoms with Gasteiger partial charge < -0.3 is 20.3 Å². The van der Waals surface area contributed by atoms with E-state index in [0.29, 0.717) is 12.3 Å². The predicted molar refractivity (Wildman–Crippen MR) is 65.7 cm³/mol. The van der Waals surface area contributed by atoms with Crippen LogP contribution in [-0.2, 0) is 4.74 Å². The summed E-state index contributed by atoms with van der Waals surface area (Å²) in [6.07, 6.45) is -0.957. The number of carbonyl (C=O) groups excluding carboxylic acids is 1. The zero-order chi connectivity index (χ0) is 13.6. The molecule has 0 aromatic heterocycles. The molecule has 1 amide bonds. The van der Waals surface area contributed by atoms with Crippen molar-refractivity contribution in [1.82, 2.24) is 5.32 Å². The minimum absolute atomic E-state index is 0.302. The van der Waals surface area contributed by atoms with E-state index in [0.717, 1.165) is 0 Å². The van der Waals surface area contributed by atoms with E-state index >= 15 is 0 Å². The Morgan fingerprint density at radius 2 is 1.88 bits per heavy atom. The van der Waals surface area contributed by atoms with Gasteiger partial charge in [-0.3, -0.25) is 0 Å². The lowest BCUT2D eigenvalue weighted by Crippen LogP contribution is -2.47. The molecule has 0 aliphatic rings. The molecule has 0 spiro atoms. The standard InChI is InChI=1S/C12H25NO4/c1-8(2)6-9(10(15)7-14)13-11(16)17-12(3,4)5/h8-10,14-15H,6-7H2,1-5H3,(H,13,16)/t9-,10?/m1/s1. The second-order valence-corrected chi connectivity index (χ2v) is 5.63. The summed E-state index contributed by atoms with van der Waals surface area (Å²) < 4.78 is 5.10. The van der Waals surface area contributed by atoms with Crippen molar-refractivity contribution in [3.63, 3.8) is 0 Å². The Morgan fingerprint density at radius 3 is 2.24 bits per heavy atom. The molecular formula is C12H25NO4. The first-order valence-corrected chi connectivity index (χ1v) is 5.94. The molecule has 17 heavy (non-hydrogen) atoms. The Morgan fingerprint density at radius 1 is 1.35 bits per heavy atom. The smallest absolute Gasteiger partial charge is 0.407 e. The van der Waals surface area contributed by atoms with E-state index in [4.69, 9.17) is 9.84 Å². The van der Waals surface area contributed by atoms with Crippen LogP contribution in [0.2, 0.25) is 0 Å². The molecule has 0 aromatic rings. The van der Waals surface area contributed by atoms with Crippen LogP contribution in [-0.4, -0.2) is 40.7 Å². The van der Waals surface area contributed by atoms with Gasteiger partial charge in [0.1, 0.15) is 5.60 Å². The largest absolute Gasteiger partial charge is 0.444 e. The first-order chi connectivity index (χ1) is 7.65. The lowest BCUT2D eigenvalue weighted by molar-refractivity contribution is 0.0286. The van der Waals surface area contributed by atoms with Crippen molar-refractivity contribution in [1.29, 1.82) is 0 Å². The van der Waals surface area contributed by atoms with Crippen LogP contribution in [0, 0.1) is 5.92 Å². The van der Waals surface area contributed by atoms with E-state index in [-0.39, 0.29) is 6.61 Å². The maximum atomic E-state index is 11.5. The Bertz CT molecular complexity index is 235. The van der Waals surface area contributed by atoms with Gasteiger partial charge in [-0.1, -0.05) is 13.8 Å². The Hall–Kier alpha value is -0.810. The topological polar surface area (TPSA) is 78.8 Å². The summed E-state index contributed by atoms with van der Waals surface area (Å²) in [4.78, 5) is 11.5. The highest BCUT2D eigenvalue weighted by molar-refractivity contribution is 5.68. The molecule has 0 aromatic carbocycles. The molecule has 5 nitrogen and oxygen atoms in total. The third-order valence-corrected chi connectivity index (χ3v) is 2.08. The van der Waals surface area contributed by atoms with Crippen LogP contribution < -0.4 is 5.32 Å². The molecule has 0 saturated carbocycles. The van der Waals surface area contributed by atoms with Gasteiger partial charge in [-0.05, 0) is 33.1 Å². The monoisotopic (exact) mass is 247 g/mol. The number of carbonyl (C=O) groups is 1. The van der Waals surface area contributed by atoms with Gasteiger partial charge >= 0.3 is 6.09 Å². The van der Waals surface area contributed by atoms with Crippen LogP contribution in [0.5, 0.6) is 0 Å². The fraction of sp³-hybridized carbons (Fsp3) is 0.917. The van der Waals surface area contributed by atoms with E-state index in [1.54, 1.807) is 20.8 Å². The lowest BCUT2D eigenvalue weighted by Gasteiger charge is -2.26. The predicted octanol–water partition coefficient (Wildman–Crippen LogP) is 1.28. The highest BCUT2D eigenvalue weighted by Gasteiger charge is 2.24. The van der Waals surface area contributed by atoms with Crippen LogP contribution in [0.1, 0.15) is 41.0 Å². The molecule has 0 rings (SSSR count). The van der Waals surface area contributed by atoms with E-state index in [1.165, 1.54) is 0 Å². The van der Waals surface area contributed by atoms with Gasteiger partial charge in [-0.2, -0.15) is 0 Å². The highest BCUT2D eigenvalue weighted by atomic mass is 16.6. The van der Waals surface area contributed by atoms with E-state index in [2.05, 4.69) is 5.32 Å². The molecule has 0 radical (unpaired) electrons. The summed E-state index contributed by atoms with van der Waals surface area (Å²) in [5.74, 6) is 0.302. The molecule has 0 fully saturated rings. The van der Waals surface area contributed by atoms with Crippen LogP contribution in [0.3, 0.4) is 0 Å². The average molecular weight is 247 g/mol. The summed E-state index contributed by atoms with van der Waals surface area (Å²) in [6, 6.07) is -0.491. The maximum Gasteiger partial charge on any atom is 0.407 e. The van der Waals surface area contributed by atoms with Gasteiger partial charge in [0.05, 0.1) is 18.8 Å². The van der Waals surface area contributed by atoms with Crippen molar-refractivity contribution in [3.8, 4) is 0 Å². The quantitative estimate of drug-likeness (QED) is 0.684. The molecule has 5 heteroatoms. The summed E-state index contributed by atoms with van der Waals surface area (Å²) in [7, 11) is 0. The van der Waals surface area contributed by atoms with Gasteiger partial charge in [0, 0.05) is 0 Å². The highest BCUT2D eigenvalue weighted by Crippen LogP contribution is 2.11. The number of rotatable bonds is 5. The second-order valence-electron chi connectivity index (χ2n) is 5.63. The fourth-order valence-corrected chi connectivity index (χ4v) is 1.41. The molecule has 102 valence electrons. The molecule has 0 aliphatic heterocycles. The third kappa shape index (κ3) is 7.99. The number of hydrogen-bond acceptors (Lipinski definition) is 4. The lowest BCUT2D eigenvalue weighted by atomic mass is 10.00. The van der Waals surface area contributed by atoms with Crippen molar-refractivity contribution in [2.24, 2.45) is 5.92 Å². The number of ether oxygens (including phenoxy) is 1. The number of aliphatic hydroxyl groups excluding tert-OH is 2. The summed E-state index contributed by atoms with van der Waals surface area (Å²) in [5, 5.41) is 21.1. The van der Waals surface area contributed by atoms with Gasteiger partial charge in [-0.25, -0.2) is 4.79 Å². The van der Waals surface area contributed by atoms with Crippen molar-refractivity contribution in [3.05, 3.63) is 0 Å². The van der Waals surface area contributed by atoms with E-state index in [9.17, 15) is 9.90 Å². The molecule has 0 bridgehead atoms. The Labute approximate surface area is 103 Å². The van der Waals surface area contributed by atoms with Crippen LogP contribution in [0.15, 0.2) is 0 Å². The number of nitrogens with one attached hydrogen (secondary N) is 1. The van der Waals surface area contributed by atoms with Crippen molar-refractivity contribution >= 4 is 6.09 Å². The van der Waals surface area contributed by atoms with Crippen molar-refractivity contribution < 1.29 is 19.7 Å². The van der Waals surface area contributed by atoms with Crippen LogP contribution >= 0.6 is 0 Å². The normalized spacial score (nSPS) is 15.5. The first kappa shape index (κ1) is 16.2. The molecule has 3 N–H and O–H groups in total. The fourth-order valence-electron chi connectivity index (χ4n) is 1.41. The molecule has 1 unspecified atom stereocenters. The van der Waals surface area contributed by atoms with Crippen LogP contribution in [0.4, 0.5) is 4.79 Å². The minimum Gasteiger partial charge on any atom is -0.444 e. The molecule has 2 atom stereocenters. The summed E-state index contributed by atoms with van der Waals surface area (Å²) in [5.41, 5.74) is -0.573. The zero-order valence-electron chi connectivity index (χ0n) is 11.4. The van der Waals surface area contributed by atoms with E-state index < -0.39 is 23.8 Å². The van der Waals surface area contributed by atoms with Gasteiger partial charge in [0.25, 0.3) is 0 Å². The summed E-state index contributed by atoms with van der Waals surface area (Å²) in [6.45, 7) is 8.89. The molecule has 0 aliphatic carbocycles. The minimum atomic E-state index is -0.968. The van der Waals surface area contributed by atoms with Gasteiger partial charge in [0.2, 0.25) is 0 Å². The Balaban J connectivity index is 4.37. The maximum absolute atomic E-state index is 11.5. The van der Waals surface area contributed by atoms with Crippen LogP contribution in [0.25, 0.3) is 0 Å². The number of hydrogen-bond donors (Lipinski definition) is 3. The molecule has 0 saturated heterocycles. The second kappa shape index (κ2) is 6.81. The number of amides is 1. The zero-order valence-corrected chi connectivity index (χ0v) is 11.4. The Kier molecular flexibility index (Phi) is 6.49. The molecule has 0 heterocycles. The number of aliphatic hydroxyl groups is 2. The molecular weight excluding hydrogens is 222 g/mol.